The number of nitrogens with zero attached hydrogens (tertiary/aromatic N) is 1. The van der Waals surface area contributed by atoms with Crippen molar-refractivity contribution in [3.63, 3.8) is 0 Å². The Labute approximate surface area is 126 Å². The number of carboxylic acids is 1. The summed E-state index contributed by atoms with van der Waals surface area (Å²) in [6, 6.07) is 11.5. The fourth-order valence-electron chi connectivity index (χ4n) is 1.86. The van der Waals surface area contributed by atoms with Crippen molar-refractivity contribution in [2.75, 3.05) is 12.4 Å². The number of rotatable bonds is 4. The van der Waals surface area contributed by atoms with Crippen LogP contribution in [0.15, 0.2) is 36.4 Å². The lowest BCUT2D eigenvalue weighted by Crippen LogP contribution is -2.04. The van der Waals surface area contributed by atoms with E-state index >= 15 is 0 Å². The number of hydrogen-bond acceptors (Lipinski definition) is 4. The summed E-state index contributed by atoms with van der Waals surface area (Å²) in [6.45, 7) is 0. The van der Waals surface area contributed by atoms with Crippen LogP contribution in [-0.2, 0) is 0 Å². The van der Waals surface area contributed by atoms with Crippen molar-refractivity contribution in [2.45, 2.75) is 0 Å². The van der Waals surface area contributed by atoms with Crippen molar-refractivity contribution in [3.05, 3.63) is 52.5 Å². The van der Waals surface area contributed by atoms with Gasteiger partial charge < -0.3 is 15.2 Å². The van der Waals surface area contributed by atoms with Gasteiger partial charge in [0.15, 0.2) is 0 Å². The highest BCUT2D eigenvalue weighted by atomic mass is 35.5. The van der Waals surface area contributed by atoms with Gasteiger partial charge in [-0.1, -0.05) is 17.7 Å². The molecule has 2 aromatic carbocycles. The summed E-state index contributed by atoms with van der Waals surface area (Å²) in [7, 11) is 1.47. The maximum Gasteiger partial charge on any atom is 0.337 e. The maximum atomic E-state index is 11.3. The molecule has 106 valence electrons. The normalized spacial score (nSPS) is 9.76. The fourth-order valence-corrected chi connectivity index (χ4v) is 2.03. The zero-order chi connectivity index (χ0) is 15.4. The molecule has 6 heteroatoms. The highest BCUT2D eigenvalue weighted by Crippen LogP contribution is 2.33. The van der Waals surface area contributed by atoms with E-state index in [0.717, 1.165) is 0 Å². The third-order valence-electron chi connectivity index (χ3n) is 2.84. The predicted molar refractivity (Wildman–Crippen MR) is 79.4 cm³/mol. The van der Waals surface area contributed by atoms with E-state index in [0.29, 0.717) is 27.7 Å². The summed E-state index contributed by atoms with van der Waals surface area (Å²) in [5, 5.41) is 21.6. The van der Waals surface area contributed by atoms with Gasteiger partial charge in [-0.15, -0.1) is 0 Å². The zero-order valence-electron chi connectivity index (χ0n) is 11.1. The maximum absolute atomic E-state index is 11.3. The number of anilines is 2. The van der Waals surface area contributed by atoms with Gasteiger partial charge in [-0.25, -0.2) is 4.79 Å². The molecule has 2 N–H and O–H groups in total. The second-order valence-corrected chi connectivity index (χ2v) is 4.55. The highest BCUT2D eigenvalue weighted by molar-refractivity contribution is 6.31. The summed E-state index contributed by atoms with van der Waals surface area (Å²) in [5.41, 5.74) is 1.10. The SMILES string of the molecule is COc1cccc(C#N)c1Nc1ccc(Cl)cc1C(=O)O. The fraction of sp³-hybridized carbons (Fsp3) is 0.0667. The average Bonchev–Trinajstić information content (AvgIpc) is 2.48. The van der Waals surface area contributed by atoms with Crippen LogP contribution < -0.4 is 10.1 Å². The Hall–Kier alpha value is -2.71. The third kappa shape index (κ3) is 3.07. The molecule has 2 rings (SSSR count). The number of carboxylic acid groups (broad SMARTS) is 1. The van der Waals surface area contributed by atoms with E-state index in [2.05, 4.69) is 5.32 Å². The van der Waals surface area contributed by atoms with Crippen LogP contribution in [-0.4, -0.2) is 18.2 Å². The van der Waals surface area contributed by atoms with Crippen molar-refractivity contribution < 1.29 is 14.6 Å². The number of nitrogens with one attached hydrogen (secondary N) is 1. The van der Waals surface area contributed by atoms with Gasteiger partial charge >= 0.3 is 5.97 Å². The standard InChI is InChI=1S/C15H11ClN2O3/c1-21-13-4-2-3-9(8-17)14(13)18-12-6-5-10(16)7-11(12)15(19)20/h2-7,18H,1H3,(H,19,20). The Morgan fingerprint density at radius 1 is 1.38 bits per heavy atom. The third-order valence-corrected chi connectivity index (χ3v) is 3.07. The highest BCUT2D eigenvalue weighted by Gasteiger charge is 2.15. The van der Waals surface area contributed by atoms with Gasteiger partial charge in [-0.05, 0) is 30.3 Å². The topological polar surface area (TPSA) is 82.3 Å². The van der Waals surface area contributed by atoms with Crippen molar-refractivity contribution in [1.82, 2.24) is 0 Å². The Balaban J connectivity index is 2.53. The minimum Gasteiger partial charge on any atom is -0.495 e. The van der Waals surface area contributed by atoms with Gasteiger partial charge in [0.1, 0.15) is 11.8 Å². The predicted octanol–water partition coefficient (Wildman–Crippen LogP) is 3.66. The molecule has 0 saturated heterocycles. The van der Waals surface area contributed by atoms with Gasteiger partial charge in [-0.2, -0.15) is 5.26 Å². The summed E-state index contributed by atoms with van der Waals surface area (Å²) >= 11 is 5.81. The van der Waals surface area contributed by atoms with E-state index in [1.165, 1.54) is 13.2 Å². The molecule has 0 radical (unpaired) electrons. The number of nitriles is 1. The molecule has 2 aromatic rings. The molecular formula is C15H11ClN2O3. The van der Waals surface area contributed by atoms with Crippen LogP contribution in [0.5, 0.6) is 5.75 Å². The number of para-hydroxylation sites is 1. The molecule has 5 nitrogen and oxygen atoms in total. The number of hydrogen-bond donors (Lipinski definition) is 2. The molecule has 0 spiro atoms. The molecule has 21 heavy (non-hydrogen) atoms. The van der Waals surface area contributed by atoms with Crippen molar-refractivity contribution >= 4 is 28.9 Å². The van der Waals surface area contributed by atoms with Gasteiger partial charge in [0.05, 0.1) is 29.6 Å². The van der Waals surface area contributed by atoms with Crippen molar-refractivity contribution in [3.8, 4) is 11.8 Å². The Kier molecular flexibility index (Phi) is 4.31. The smallest absolute Gasteiger partial charge is 0.337 e. The van der Waals surface area contributed by atoms with Gasteiger partial charge in [0.25, 0.3) is 0 Å². The summed E-state index contributed by atoms with van der Waals surface area (Å²) < 4.78 is 5.20. The van der Waals surface area contributed by atoms with E-state index in [9.17, 15) is 9.90 Å². The minimum absolute atomic E-state index is 0.0114. The lowest BCUT2D eigenvalue weighted by Gasteiger charge is -2.14. The average molecular weight is 303 g/mol. The van der Waals surface area contributed by atoms with Crippen LogP contribution in [0.4, 0.5) is 11.4 Å². The molecule has 0 heterocycles. The first-order valence-electron chi connectivity index (χ1n) is 5.93. The lowest BCUT2D eigenvalue weighted by molar-refractivity contribution is 0.0698. The van der Waals surface area contributed by atoms with Crippen molar-refractivity contribution in [2.24, 2.45) is 0 Å². The van der Waals surface area contributed by atoms with Crippen LogP contribution in [0.25, 0.3) is 0 Å². The summed E-state index contributed by atoms with van der Waals surface area (Å²) in [6.07, 6.45) is 0. The van der Waals surface area contributed by atoms with Crippen molar-refractivity contribution in [1.29, 1.82) is 5.26 Å². The molecule has 0 aliphatic carbocycles. The monoisotopic (exact) mass is 302 g/mol. The number of halogens is 1. The molecule has 0 aliphatic heterocycles. The molecule has 0 bridgehead atoms. The molecule has 0 aromatic heterocycles. The van der Waals surface area contributed by atoms with E-state index in [-0.39, 0.29) is 5.56 Å². The second kappa shape index (κ2) is 6.16. The number of benzene rings is 2. The molecule has 0 unspecified atom stereocenters. The van der Waals surface area contributed by atoms with E-state index in [1.54, 1.807) is 30.3 Å². The number of methoxy groups -OCH3 is 1. The van der Waals surface area contributed by atoms with Crippen LogP contribution in [0, 0.1) is 11.3 Å². The Morgan fingerprint density at radius 3 is 2.76 bits per heavy atom. The first-order valence-corrected chi connectivity index (χ1v) is 6.31. The first-order chi connectivity index (χ1) is 10.1. The first kappa shape index (κ1) is 14.7. The molecule has 0 amide bonds. The molecule has 0 atom stereocenters. The van der Waals surface area contributed by atoms with E-state index < -0.39 is 5.97 Å². The number of aromatic carboxylic acids is 1. The summed E-state index contributed by atoms with van der Waals surface area (Å²) in [4.78, 5) is 11.3. The Morgan fingerprint density at radius 2 is 2.14 bits per heavy atom. The van der Waals surface area contributed by atoms with Gasteiger partial charge in [-0.3, -0.25) is 0 Å². The summed E-state index contributed by atoms with van der Waals surface area (Å²) in [5.74, 6) is -0.672. The molecule has 0 aliphatic rings. The number of carbonyl (C=O) groups is 1. The van der Waals surface area contributed by atoms with Gasteiger partial charge in [0.2, 0.25) is 0 Å². The van der Waals surface area contributed by atoms with Crippen LogP contribution in [0.3, 0.4) is 0 Å². The number of ether oxygens (including phenoxy) is 1. The quantitative estimate of drug-likeness (QED) is 0.900. The Bertz CT molecular complexity index is 738. The van der Waals surface area contributed by atoms with E-state index in [1.807, 2.05) is 6.07 Å². The van der Waals surface area contributed by atoms with Crippen LogP contribution in [0.1, 0.15) is 15.9 Å². The largest absolute Gasteiger partial charge is 0.495 e. The second-order valence-electron chi connectivity index (χ2n) is 4.11. The van der Waals surface area contributed by atoms with E-state index in [4.69, 9.17) is 21.6 Å². The van der Waals surface area contributed by atoms with Crippen LogP contribution >= 0.6 is 11.6 Å². The molecular weight excluding hydrogens is 292 g/mol. The minimum atomic E-state index is -1.12. The molecule has 0 saturated carbocycles. The molecule has 0 fully saturated rings. The lowest BCUT2D eigenvalue weighted by atomic mass is 10.1. The van der Waals surface area contributed by atoms with Crippen LogP contribution in [0.2, 0.25) is 5.02 Å². The van der Waals surface area contributed by atoms with Gasteiger partial charge in [0, 0.05) is 5.02 Å². The zero-order valence-corrected chi connectivity index (χ0v) is 11.8.